The Morgan fingerprint density at radius 2 is 1.62 bits per heavy atom. The largest absolute Gasteiger partial charge is 0.351 e. The van der Waals surface area contributed by atoms with E-state index in [1.54, 1.807) is 32.9 Å². The molecule has 0 fully saturated rings. The standard InChI is InChI=1S/C17H14N2O5/c1-9-8-10(4-5-11(9)19(22)23)18-14(20)12-13(15(18)21)17(3)7-6-16(12,2)24-17/h4-8H,1-3H3. The number of benzene rings is 1. The third-order valence-electron chi connectivity index (χ3n) is 4.86. The molecule has 2 bridgehead atoms. The molecule has 1 aromatic rings. The van der Waals surface area contributed by atoms with Crippen LogP contribution >= 0.6 is 0 Å². The minimum absolute atomic E-state index is 0.0534. The van der Waals surface area contributed by atoms with E-state index in [2.05, 4.69) is 0 Å². The van der Waals surface area contributed by atoms with Crippen molar-refractivity contribution in [3.8, 4) is 0 Å². The van der Waals surface area contributed by atoms with Crippen molar-refractivity contribution in [3.63, 3.8) is 0 Å². The lowest BCUT2D eigenvalue weighted by Crippen LogP contribution is -2.40. The predicted octanol–water partition coefficient (Wildman–Crippen LogP) is 2.19. The zero-order chi connectivity index (χ0) is 17.4. The van der Waals surface area contributed by atoms with Gasteiger partial charge in [0.25, 0.3) is 17.5 Å². The average Bonchev–Trinajstić information content (AvgIpc) is 3.03. The van der Waals surface area contributed by atoms with Crippen molar-refractivity contribution in [1.82, 2.24) is 0 Å². The molecule has 0 radical (unpaired) electrons. The van der Waals surface area contributed by atoms with Crippen molar-refractivity contribution in [2.45, 2.75) is 32.0 Å². The maximum Gasteiger partial charge on any atom is 0.272 e. The lowest BCUT2D eigenvalue weighted by atomic mass is 9.85. The van der Waals surface area contributed by atoms with Crippen LogP contribution < -0.4 is 4.90 Å². The molecule has 3 aliphatic rings. The molecule has 4 rings (SSSR count). The molecule has 0 N–H and O–H groups in total. The molecular formula is C17H14N2O5. The third kappa shape index (κ3) is 1.59. The highest BCUT2D eigenvalue weighted by molar-refractivity contribution is 6.35. The summed E-state index contributed by atoms with van der Waals surface area (Å²) in [5.74, 6) is -0.863. The van der Waals surface area contributed by atoms with Crippen molar-refractivity contribution >= 4 is 23.2 Å². The molecule has 0 spiro atoms. The Morgan fingerprint density at radius 1 is 1.08 bits per heavy atom. The van der Waals surface area contributed by atoms with Gasteiger partial charge in [0.15, 0.2) is 0 Å². The summed E-state index contributed by atoms with van der Waals surface area (Å²) >= 11 is 0. The van der Waals surface area contributed by atoms with Crippen LogP contribution in [0.25, 0.3) is 0 Å². The highest BCUT2D eigenvalue weighted by Crippen LogP contribution is 2.53. The van der Waals surface area contributed by atoms with Gasteiger partial charge in [0.05, 0.1) is 21.8 Å². The van der Waals surface area contributed by atoms with Crippen LogP contribution in [0.15, 0.2) is 41.5 Å². The van der Waals surface area contributed by atoms with E-state index in [0.29, 0.717) is 22.4 Å². The van der Waals surface area contributed by atoms with Crippen LogP contribution in [0.3, 0.4) is 0 Å². The summed E-state index contributed by atoms with van der Waals surface area (Å²) in [6, 6.07) is 4.21. The van der Waals surface area contributed by atoms with Crippen LogP contribution in [0.5, 0.6) is 0 Å². The number of nitro benzene ring substituents is 1. The van der Waals surface area contributed by atoms with E-state index in [1.165, 1.54) is 18.2 Å². The first kappa shape index (κ1) is 14.8. The molecule has 7 heteroatoms. The first-order valence-corrected chi connectivity index (χ1v) is 7.47. The molecule has 3 heterocycles. The Hall–Kier alpha value is -2.80. The number of nitro groups is 1. The fraction of sp³-hybridized carbons (Fsp3) is 0.294. The molecule has 24 heavy (non-hydrogen) atoms. The second kappa shape index (κ2) is 4.18. The van der Waals surface area contributed by atoms with Gasteiger partial charge in [-0.2, -0.15) is 0 Å². The number of carbonyl (C=O) groups is 2. The summed E-state index contributed by atoms with van der Waals surface area (Å²) in [5.41, 5.74) is -0.429. The van der Waals surface area contributed by atoms with Crippen LogP contribution in [-0.2, 0) is 14.3 Å². The summed E-state index contributed by atoms with van der Waals surface area (Å²) in [6.07, 6.45) is 3.59. The topological polar surface area (TPSA) is 89.8 Å². The summed E-state index contributed by atoms with van der Waals surface area (Å²) in [6.45, 7) is 5.09. The first-order chi connectivity index (χ1) is 11.2. The number of ether oxygens (including phenoxy) is 1. The van der Waals surface area contributed by atoms with Gasteiger partial charge >= 0.3 is 0 Å². The summed E-state index contributed by atoms with van der Waals surface area (Å²) in [7, 11) is 0. The quantitative estimate of drug-likeness (QED) is 0.360. The number of hydrogen-bond acceptors (Lipinski definition) is 5. The minimum atomic E-state index is -0.901. The van der Waals surface area contributed by atoms with Gasteiger partial charge in [0.1, 0.15) is 11.2 Å². The average molecular weight is 326 g/mol. The Labute approximate surface area is 137 Å². The van der Waals surface area contributed by atoms with Gasteiger partial charge in [-0.05, 0) is 45.1 Å². The first-order valence-electron chi connectivity index (χ1n) is 7.47. The summed E-state index contributed by atoms with van der Waals surface area (Å²) < 4.78 is 5.87. The van der Waals surface area contributed by atoms with E-state index in [1.807, 2.05) is 0 Å². The van der Waals surface area contributed by atoms with Gasteiger partial charge in [-0.1, -0.05) is 0 Å². The van der Waals surface area contributed by atoms with E-state index in [4.69, 9.17) is 4.74 Å². The summed E-state index contributed by atoms with van der Waals surface area (Å²) in [4.78, 5) is 37.3. The maximum atomic E-state index is 12.9. The van der Waals surface area contributed by atoms with E-state index in [0.717, 1.165) is 4.90 Å². The molecule has 7 nitrogen and oxygen atoms in total. The van der Waals surface area contributed by atoms with E-state index in [-0.39, 0.29) is 5.69 Å². The third-order valence-corrected chi connectivity index (χ3v) is 4.86. The molecule has 2 atom stereocenters. The fourth-order valence-corrected chi connectivity index (χ4v) is 3.76. The van der Waals surface area contributed by atoms with Crippen LogP contribution in [0, 0.1) is 17.0 Å². The maximum absolute atomic E-state index is 12.9. The SMILES string of the molecule is Cc1cc(N2C(=O)C3=C(C2=O)C2(C)C=CC3(C)O2)ccc1[N+](=O)[O-]. The number of aryl methyl sites for hydroxylation is 1. The fourth-order valence-electron chi connectivity index (χ4n) is 3.76. The van der Waals surface area contributed by atoms with E-state index >= 15 is 0 Å². The number of carbonyl (C=O) groups excluding carboxylic acids is 2. The van der Waals surface area contributed by atoms with Crippen molar-refractivity contribution in [3.05, 3.63) is 57.2 Å². The number of fused-ring (bicyclic) bond motifs is 4. The molecule has 0 saturated carbocycles. The zero-order valence-corrected chi connectivity index (χ0v) is 13.3. The van der Waals surface area contributed by atoms with Gasteiger partial charge in [-0.3, -0.25) is 19.7 Å². The molecule has 0 saturated heterocycles. The van der Waals surface area contributed by atoms with Crippen LogP contribution in [-0.4, -0.2) is 27.9 Å². The molecule has 1 aromatic carbocycles. The monoisotopic (exact) mass is 326 g/mol. The highest BCUT2D eigenvalue weighted by Gasteiger charge is 2.62. The lowest BCUT2D eigenvalue weighted by Gasteiger charge is -2.26. The van der Waals surface area contributed by atoms with Gasteiger partial charge in [-0.15, -0.1) is 0 Å². The van der Waals surface area contributed by atoms with Gasteiger partial charge < -0.3 is 4.74 Å². The molecule has 0 aliphatic carbocycles. The number of nitrogens with zero attached hydrogens (tertiary/aromatic N) is 2. The molecule has 3 aliphatic heterocycles. The Morgan fingerprint density at radius 3 is 2.08 bits per heavy atom. The van der Waals surface area contributed by atoms with Gasteiger partial charge in [0, 0.05) is 11.6 Å². The van der Waals surface area contributed by atoms with Crippen molar-refractivity contribution in [2.24, 2.45) is 0 Å². The highest BCUT2D eigenvalue weighted by atomic mass is 16.6. The van der Waals surface area contributed by atoms with Crippen molar-refractivity contribution < 1.29 is 19.2 Å². The number of imide groups is 1. The molecule has 122 valence electrons. The minimum Gasteiger partial charge on any atom is -0.351 e. The van der Waals surface area contributed by atoms with Crippen LogP contribution in [0.4, 0.5) is 11.4 Å². The smallest absolute Gasteiger partial charge is 0.272 e. The number of amides is 2. The number of rotatable bonds is 2. The lowest BCUT2D eigenvalue weighted by molar-refractivity contribution is -0.385. The number of anilines is 1. The Kier molecular flexibility index (Phi) is 2.57. The van der Waals surface area contributed by atoms with E-state index in [9.17, 15) is 19.7 Å². The second-order valence-electron chi connectivity index (χ2n) is 6.57. The molecular weight excluding hydrogens is 312 g/mol. The van der Waals surface area contributed by atoms with Crippen molar-refractivity contribution in [2.75, 3.05) is 4.90 Å². The van der Waals surface area contributed by atoms with Gasteiger partial charge in [0.2, 0.25) is 0 Å². The predicted molar refractivity (Wildman–Crippen MR) is 84.4 cm³/mol. The normalized spacial score (nSPS) is 30.5. The number of hydrogen-bond donors (Lipinski definition) is 0. The zero-order valence-electron chi connectivity index (χ0n) is 13.3. The van der Waals surface area contributed by atoms with Crippen LogP contribution in [0.1, 0.15) is 19.4 Å². The molecule has 0 aromatic heterocycles. The van der Waals surface area contributed by atoms with Crippen LogP contribution in [0.2, 0.25) is 0 Å². The van der Waals surface area contributed by atoms with Gasteiger partial charge in [-0.25, -0.2) is 4.90 Å². The van der Waals surface area contributed by atoms with Crippen molar-refractivity contribution in [1.29, 1.82) is 0 Å². The molecule has 2 amide bonds. The Balaban J connectivity index is 1.79. The second-order valence-corrected chi connectivity index (χ2v) is 6.57. The summed E-state index contributed by atoms with van der Waals surface area (Å²) in [5, 5.41) is 10.9. The molecule has 2 unspecified atom stereocenters. The van der Waals surface area contributed by atoms with E-state index < -0.39 is 27.9 Å². The Bertz CT molecular complexity index is 876.